The van der Waals surface area contributed by atoms with Crippen LogP contribution < -0.4 is 4.74 Å². The molecule has 1 N–H and O–H groups in total. The minimum absolute atomic E-state index is 0.203. The topological polar surface area (TPSA) is 83.9 Å². The fraction of sp³-hybridized carbons (Fsp3) is 0.462. The van der Waals surface area contributed by atoms with Crippen molar-refractivity contribution in [2.75, 3.05) is 19.7 Å². The maximum absolute atomic E-state index is 12.3. The summed E-state index contributed by atoms with van der Waals surface area (Å²) in [7, 11) is -3.46. The molecule has 0 aliphatic carbocycles. The highest BCUT2D eigenvalue weighted by molar-refractivity contribution is 7.89. The van der Waals surface area contributed by atoms with Crippen molar-refractivity contribution in [3.8, 4) is 5.75 Å². The van der Waals surface area contributed by atoms with Crippen LogP contribution in [0.5, 0.6) is 5.75 Å². The van der Waals surface area contributed by atoms with E-state index in [1.165, 1.54) is 28.6 Å². The third kappa shape index (κ3) is 3.29. The van der Waals surface area contributed by atoms with Crippen LogP contribution >= 0.6 is 0 Å². The van der Waals surface area contributed by atoms with Crippen molar-refractivity contribution in [2.24, 2.45) is 5.92 Å². The molecule has 1 aliphatic heterocycles. The number of carboxylic acids is 1. The minimum atomic E-state index is -3.46. The normalized spacial score (nSPS) is 19.9. The number of carbonyl (C=O) groups is 1. The van der Waals surface area contributed by atoms with E-state index >= 15 is 0 Å². The summed E-state index contributed by atoms with van der Waals surface area (Å²) in [5.41, 5.74) is 0. The predicted molar refractivity (Wildman–Crippen MR) is 72.1 cm³/mol. The number of aliphatic carboxylic acids is 1. The summed E-state index contributed by atoms with van der Waals surface area (Å²) in [6.07, 6.45) is 0.874. The van der Waals surface area contributed by atoms with E-state index in [1.54, 1.807) is 0 Å². The summed E-state index contributed by atoms with van der Waals surface area (Å²) in [4.78, 5) is 10.6. The van der Waals surface area contributed by atoms with Gasteiger partial charge in [-0.1, -0.05) is 6.92 Å². The fourth-order valence-electron chi connectivity index (χ4n) is 2.11. The van der Waals surface area contributed by atoms with Gasteiger partial charge in [-0.2, -0.15) is 4.31 Å². The molecule has 0 saturated carbocycles. The molecule has 110 valence electrons. The van der Waals surface area contributed by atoms with E-state index in [4.69, 9.17) is 9.84 Å². The third-order valence-electron chi connectivity index (χ3n) is 3.21. The van der Waals surface area contributed by atoms with Gasteiger partial charge in [-0.15, -0.1) is 0 Å². The highest BCUT2D eigenvalue weighted by atomic mass is 32.2. The first-order chi connectivity index (χ1) is 9.39. The molecule has 1 saturated heterocycles. The molecule has 1 aliphatic rings. The van der Waals surface area contributed by atoms with E-state index in [-0.39, 0.29) is 4.90 Å². The van der Waals surface area contributed by atoms with Gasteiger partial charge < -0.3 is 9.84 Å². The van der Waals surface area contributed by atoms with Crippen LogP contribution in [0.2, 0.25) is 0 Å². The van der Waals surface area contributed by atoms with Gasteiger partial charge in [0.25, 0.3) is 0 Å². The summed E-state index contributed by atoms with van der Waals surface area (Å²) < 4.78 is 31.1. The van der Waals surface area contributed by atoms with Crippen molar-refractivity contribution in [3.63, 3.8) is 0 Å². The SMILES string of the molecule is CC1CCN(S(=O)(=O)c2ccc(OCC(=O)O)cc2)C1. The van der Waals surface area contributed by atoms with Gasteiger partial charge >= 0.3 is 5.97 Å². The largest absolute Gasteiger partial charge is 0.482 e. The van der Waals surface area contributed by atoms with E-state index in [2.05, 4.69) is 0 Å². The fourth-order valence-corrected chi connectivity index (χ4v) is 3.69. The molecule has 1 heterocycles. The Hall–Kier alpha value is -1.60. The van der Waals surface area contributed by atoms with Gasteiger partial charge in [-0.05, 0) is 36.6 Å². The van der Waals surface area contributed by atoms with Gasteiger partial charge in [0.2, 0.25) is 10.0 Å². The molecule has 20 heavy (non-hydrogen) atoms. The molecule has 1 fully saturated rings. The number of ether oxygens (including phenoxy) is 1. The first-order valence-electron chi connectivity index (χ1n) is 6.34. The number of hydrogen-bond donors (Lipinski definition) is 1. The second-order valence-electron chi connectivity index (χ2n) is 4.91. The van der Waals surface area contributed by atoms with Gasteiger partial charge in [-0.3, -0.25) is 0 Å². The molecule has 1 aromatic rings. The lowest BCUT2D eigenvalue weighted by molar-refractivity contribution is -0.139. The lowest BCUT2D eigenvalue weighted by Crippen LogP contribution is -2.28. The standard InChI is InChI=1S/C13H17NO5S/c1-10-6-7-14(8-10)20(17,18)12-4-2-11(3-5-12)19-9-13(15)16/h2-5,10H,6-9H2,1H3,(H,15,16). The Bertz CT molecular complexity index is 581. The molecule has 0 spiro atoms. The summed E-state index contributed by atoms with van der Waals surface area (Å²) in [5.74, 6) is -0.364. The Morgan fingerprint density at radius 1 is 1.40 bits per heavy atom. The molecule has 6 nitrogen and oxygen atoms in total. The van der Waals surface area contributed by atoms with Crippen molar-refractivity contribution in [3.05, 3.63) is 24.3 Å². The van der Waals surface area contributed by atoms with E-state index < -0.39 is 22.6 Å². The van der Waals surface area contributed by atoms with Crippen molar-refractivity contribution in [2.45, 2.75) is 18.2 Å². The van der Waals surface area contributed by atoms with E-state index in [1.807, 2.05) is 6.92 Å². The number of carboxylic acid groups (broad SMARTS) is 1. The summed E-state index contributed by atoms with van der Waals surface area (Å²) in [6.45, 7) is 2.66. The zero-order valence-electron chi connectivity index (χ0n) is 11.2. The highest BCUT2D eigenvalue weighted by Gasteiger charge is 2.30. The van der Waals surface area contributed by atoms with Crippen molar-refractivity contribution >= 4 is 16.0 Å². The van der Waals surface area contributed by atoms with Crippen LogP contribution in [0.4, 0.5) is 0 Å². The average molecular weight is 299 g/mol. The molecule has 2 rings (SSSR count). The Kier molecular flexibility index (Phi) is 4.29. The maximum Gasteiger partial charge on any atom is 0.341 e. The first kappa shape index (κ1) is 14.8. The zero-order chi connectivity index (χ0) is 14.8. The van der Waals surface area contributed by atoms with Gasteiger partial charge in [0.15, 0.2) is 6.61 Å². The maximum atomic E-state index is 12.3. The minimum Gasteiger partial charge on any atom is -0.482 e. The number of hydrogen-bond acceptors (Lipinski definition) is 4. The Morgan fingerprint density at radius 3 is 2.55 bits per heavy atom. The average Bonchev–Trinajstić information content (AvgIpc) is 2.84. The molecule has 7 heteroatoms. The molecule has 0 radical (unpaired) electrons. The van der Waals surface area contributed by atoms with Crippen LogP contribution in [0.1, 0.15) is 13.3 Å². The van der Waals surface area contributed by atoms with Gasteiger partial charge in [0.05, 0.1) is 4.90 Å². The summed E-state index contributed by atoms with van der Waals surface area (Å²) in [5, 5.41) is 8.50. The number of sulfonamides is 1. The third-order valence-corrected chi connectivity index (χ3v) is 5.09. The van der Waals surface area contributed by atoms with E-state index in [0.717, 1.165) is 6.42 Å². The van der Waals surface area contributed by atoms with Crippen LogP contribution in [-0.4, -0.2) is 43.5 Å². The number of nitrogens with zero attached hydrogens (tertiary/aromatic N) is 1. The predicted octanol–water partition coefficient (Wildman–Crippen LogP) is 1.18. The number of benzene rings is 1. The van der Waals surface area contributed by atoms with Crippen LogP contribution in [0.25, 0.3) is 0 Å². The molecule has 1 unspecified atom stereocenters. The zero-order valence-corrected chi connectivity index (χ0v) is 12.0. The Balaban J connectivity index is 2.11. The lowest BCUT2D eigenvalue weighted by atomic mass is 10.2. The van der Waals surface area contributed by atoms with Crippen LogP contribution in [0.15, 0.2) is 29.2 Å². The molecule has 0 aromatic heterocycles. The van der Waals surface area contributed by atoms with E-state index in [0.29, 0.717) is 24.8 Å². The first-order valence-corrected chi connectivity index (χ1v) is 7.78. The quantitative estimate of drug-likeness (QED) is 0.882. The van der Waals surface area contributed by atoms with Gasteiger partial charge in [0.1, 0.15) is 5.75 Å². The summed E-state index contributed by atoms with van der Waals surface area (Å²) in [6, 6.07) is 5.82. The second kappa shape index (κ2) is 5.80. The second-order valence-corrected chi connectivity index (χ2v) is 6.85. The lowest BCUT2D eigenvalue weighted by Gasteiger charge is -2.16. The Labute approximate surface area is 118 Å². The van der Waals surface area contributed by atoms with Crippen molar-refractivity contribution in [1.82, 2.24) is 4.31 Å². The van der Waals surface area contributed by atoms with Crippen LogP contribution in [-0.2, 0) is 14.8 Å². The van der Waals surface area contributed by atoms with Crippen LogP contribution in [0, 0.1) is 5.92 Å². The smallest absolute Gasteiger partial charge is 0.341 e. The van der Waals surface area contributed by atoms with Crippen molar-refractivity contribution in [1.29, 1.82) is 0 Å². The Morgan fingerprint density at radius 2 is 2.05 bits per heavy atom. The monoisotopic (exact) mass is 299 g/mol. The van der Waals surface area contributed by atoms with Gasteiger partial charge in [-0.25, -0.2) is 13.2 Å². The molecule has 0 amide bonds. The molecular formula is C13H17NO5S. The molecular weight excluding hydrogens is 282 g/mol. The van der Waals surface area contributed by atoms with Gasteiger partial charge in [0, 0.05) is 13.1 Å². The summed E-state index contributed by atoms with van der Waals surface area (Å²) >= 11 is 0. The van der Waals surface area contributed by atoms with Crippen LogP contribution in [0.3, 0.4) is 0 Å². The highest BCUT2D eigenvalue weighted by Crippen LogP contribution is 2.25. The van der Waals surface area contributed by atoms with E-state index in [9.17, 15) is 13.2 Å². The molecule has 1 atom stereocenters. The number of rotatable bonds is 5. The molecule has 0 bridgehead atoms. The van der Waals surface area contributed by atoms with Crippen molar-refractivity contribution < 1.29 is 23.1 Å². The molecule has 1 aromatic carbocycles.